The van der Waals surface area contributed by atoms with Crippen molar-refractivity contribution < 1.29 is 0 Å². The van der Waals surface area contributed by atoms with E-state index in [2.05, 4.69) is 30.3 Å². The number of hydrogen-bond donors (Lipinski definition) is 1. The summed E-state index contributed by atoms with van der Waals surface area (Å²) < 4.78 is 0. The summed E-state index contributed by atoms with van der Waals surface area (Å²) in [5, 5.41) is 3.91. The molecule has 0 radical (unpaired) electrons. The molecule has 2 atom stereocenters. The second kappa shape index (κ2) is 6.62. The molecule has 0 aromatic heterocycles. The van der Waals surface area contributed by atoms with Crippen LogP contribution in [-0.2, 0) is 0 Å². The summed E-state index contributed by atoms with van der Waals surface area (Å²) >= 11 is 1.99. The van der Waals surface area contributed by atoms with Gasteiger partial charge in [0.15, 0.2) is 0 Å². The van der Waals surface area contributed by atoms with Gasteiger partial charge in [0.05, 0.1) is 0 Å². The summed E-state index contributed by atoms with van der Waals surface area (Å²) in [5.74, 6) is 1.27. The minimum absolute atomic E-state index is 0.455. The average molecular weight is 270 g/mol. The maximum absolute atomic E-state index is 3.91. The lowest BCUT2D eigenvalue weighted by molar-refractivity contribution is 0.0339. The van der Waals surface area contributed by atoms with Gasteiger partial charge in [-0.05, 0) is 32.4 Å². The molecular formula is C15H30N2S. The van der Waals surface area contributed by atoms with E-state index >= 15 is 0 Å². The molecule has 1 saturated heterocycles. The number of hydrogen-bond acceptors (Lipinski definition) is 3. The Bertz CT molecular complexity index is 251. The smallest absolute Gasteiger partial charge is 0.0309 e. The lowest BCUT2D eigenvalue weighted by Crippen LogP contribution is -2.66. The molecular weight excluding hydrogens is 240 g/mol. The fourth-order valence-electron chi connectivity index (χ4n) is 3.78. The molecule has 106 valence electrons. The molecule has 0 aromatic rings. The third kappa shape index (κ3) is 3.23. The Labute approximate surface area is 117 Å². The van der Waals surface area contributed by atoms with Gasteiger partial charge >= 0.3 is 0 Å². The first-order chi connectivity index (χ1) is 8.71. The van der Waals surface area contributed by atoms with Crippen molar-refractivity contribution >= 4 is 11.8 Å². The third-order valence-corrected chi connectivity index (χ3v) is 5.74. The topological polar surface area (TPSA) is 15.3 Å². The highest BCUT2D eigenvalue weighted by molar-refractivity contribution is 7.98. The van der Waals surface area contributed by atoms with Gasteiger partial charge in [0, 0.05) is 36.5 Å². The van der Waals surface area contributed by atoms with Crippen LogP contribution in [0.4, 0.5) is 0 Å². The Hall–Kier alpha value is 0.270. The van der Waals surface area contributed by atoms with Gasteiger partial charge in [-0.1, -0.05) is 26.2 Å². The largest absolute Gasteiger partial charge is 0.308 e. The Kier molecular flexibility index (Phi) is 5.40. The van der Waals surface area contributed by atoms with E-state index in [4.69, 9.17) is 0 Å². The summed E-state index contributed by atoms with van der Waals surface area (Å²) in [7, 11) is 0. The van der Waals surface area contributed by atoms with Crippen LogP contribution in [0.25, 0.3) is 0 Å². The number of rotatable bonds is 4. The molecule has 2 aliphatic rings. The Morgan fingerprint density at radius 1 is 1.33 bits per heavy atom. The van der Waals surface area contributed by atoms with Crippen LogP contribution < -0.4 is 5.32 Å². The van der Waals surface area contributed by atoms with Crippen LogP contribution in [0.2, 0.25) is 0 Å². The molecule has 18 heavy (non-hydrogen) atoms. The van der Waals surface area contributed by atoms with E-state index in [1.165, 1.54) is 57.4 Å². The van der Waals surface area contributed by atoms with E-state index < -0.39 is 0 Å². The molecule has 2 nitrogen and oxygen atoms in total. The molecule has 0 amide bonds. The van der Waals surface area contributed by atoms with E-state index in [9.17, 15) is 0 Å². The number of piperazine rings is 1. The third-order valence-electron chi connectivity index (χ3n) is 4.92. The van der Waals surface area contributed by atoms with Crippen molar-refractivity contribution in [2.24, 2.45) is 0 Å². The maximum atomic E-state index is 3.91. The molecule has 2 unspecified atom stereocenters. The van der Waals surface area contributed by atoms with Crippen LogP contribution in [0.5, 0.6) is 0 Å². The number of nitrogens with zero attached hydrogens (tertiary/aromatic N) is 1. The molecule has 0 bridgehead atoms. The van der Waals surface area contributed by atoms with Gasteiger partial charge in [0.25, 0.3) is 0 Å². The van der Waals surface area contributed by atoms with Crippen LogP contribution in [0, 0.1) is 0 Å². The molecule has 2 fully saturated rings. The van der Waals surface area contributed by atoms with Crippen LogP contribution in [0.3, 0.4) is 0 Å². The average Bonchev–Trinajstić information content (AvgIpc) is 2.40. The first-order valence-electron chi connectivity index (χ1n) is 7.70. The summed E-state index contributed by atoms with van der Waals surface area (Å²) in [6.07, 6.45) is 10.6. The van der Waals surface area contributed by atoms with E-state index in [0.717, 1.165) is 12.1 Å². The normalized spacial score (nSPS) is 30.5. The predicted octanol–water partition coefficient (Wildman–Crippen LogP) is 3.12. The van der Waals surface area contributed by atoms with Gasteiger partial charge in [0.2, 0.25) is 0 Å². The predicted molar refractivity (Wildman–Crippen MR) is 82.4 cm³/mol. The quantitative estimate of drug-likeness (QED) is 0.845. The standard InChI is InChI=1S/C15H30N2S/c1-4-14-10-16-15(8-6-5-7-9-15)12-17(14)13(2)11-18-3/h13-14,16H,4-12H2,1-3H3. The van der Waals surface area contributed by atoms with E-state index in [0.29, 0.717) is 5.54 Å². The summed E-state index contributed by atoms with van der Waals surface area (Å²) in [4.78, 5) is 2.80. The van der Waals surface area contributed by atoms with E-state index in [-0.39, 0.29) is 0 Å². The van der Waals surface area contributed by atoms with Crippen molar-refractivity contribution in [2.75, 3.05) is 25.1 Å². The van der Waals surface area contributed by atoms with Crippen molar-refractivity contribution in [1.29, 1.82) is 0 Å². The van der Waals surface area contributed by atoms with Crippen molar-refractivity contribution in [1.82, 2.24) is 10.2 Å². The Morgan fingerprint density at radius 3 is 2.67 bits per heavy atom. The minimum Gasteiger partial charge on any atom is -0.308 e. The molecule has 0 aromatic carbocycles. The highest BCUT2D eigenvalue weighted by Crippen LogP contribution is 2.33. The molecule has 2 rings (SSSR count). The van der Waals surface area contributed by atoms with Crippen LogP contribution >= 0.6 is 11.8 Å². The van der Waals surface area contributed by atoms with Gasteiger partial charge in [0.1, 0.15) is 0 Å². The first kappa shape index (κ1) is 14.7. The molecule has 1 heterocycles. The summed E-state index contributed by atoms with van der Waals surface area (Å²) in [5.41, 5.74) is 0.455. The van der Waals surface area contributed by atoms with Gasteiger partial charge in [-0.15, -0.1) is 0 Å². The van der Waals surface area contributed by atoms with Gasteiger partial charge in [-0.3, -0.25) is 4.90 Å². The maximum Gasteiger partial charge on any atom is 0.0309 e. The SMILES string of the molecule is CCC1CNC2(CCCCC2)CN1C(C)CSC. The molecule has 1 aliphatic carbocycles. The Morgan fingerprint density at radius 2 is 2.06 bits per heavy atom. The van der Waals surface area contributed by atoms with Gasteiger partial charge in [-0.25, -0.2) is 0 Å². The second-order valence-corrected chi connectivity index (χ2v) is 7.17. The van der Waals surface area contributed by atoms with Gasteiger partial charge < -0.3 is 5.32 Å². The molecule has 3 heteroatoms. The highest BCUT2D eigenvalue weighted by atomic mass is 32.2. The Balaban J connectivity index is 2.03. The minimum atomic E-state index is 0.455. The van der Waals surface area contributed by atoms with Gasteiger partial charge in [-0.2, -0.15) is 11.8 Å². The van der Waals surface area contributed by atoms with Crippen molar-refractivity contribution in [3.05, 3.63) is 0 Å². The van der Waals surface area contributed by atoms with Crippen molar-refractivity contribution in [3.63, 3.8) is 0 Å². The monoisotopic (exact) mass is 270 g/mol. The van der Waals surface area contributed by atoms with E-state index in [1.54, 1.807) is 0 Å². The van der Waals surface area contributed by atoms with Crippen molar-refractivity contribution in [2.45, 2.75) is 70.0 Å². The van der Waals surface area contributed by atoms with Crippen LogP contribution in [0.1, 0.15) is 52.4 Å². The number of thioether (sulfide) groups is 1. The molecule has 1 spiro atoms. The lowest BCUT2D eigenvalue weighted by Gasteiger charge is -2.51. The van der Waals surface area contributed by atoms with Crippen LogP contribution in [-0.4, -0.2) is 47.6 Å². The summed E-state index contributed by atoms with van der Waals surface area (Å²) in [6, 6.07) is 1.48. The zero-order valence-corrected chi connectivity index (χ0v) is 13.2. The zero-order valence-electron chi connectivity index (χ0n) is 12.4. The number of nitrogens with one attached hydrogen (secondary N) is 1. The lowest BCUT2D eigenvalue weighted by atomic mass is 9.79. The fraction of sp³-hybridized carbons (Fsp3) is 1.00. The highest BCUT2D eigenvalue weighted by Gasteiger charge is 2.40. The molecule has 1 aliphatic heterocycles. The van der Waals surface area contributed by atoms with Crippen LogP contribution in [0.15, 0.2) is 0 Å². The second-order valence-electron chi connectivity index (χ2n) is 6.26. The fourth-order valence-corrected chi connectivity index (χ4v) is 4.45. The summed E-state index contributed by atoms with van der Waals surface area (Å²) in [6.45, 7) is 7.24. The van der Waals surface area contributed by atoms with Crippen molar-refractivity contribution in [3.8, 4) is 0 Å². The molecule has 1 N–H and O–H groups in total. The first-order valence-corrected chi connectivity index (χ1v) is 9.10. The van der Waals surface area contributed by atoms with E-state index in [1.807, 2.05) is 11.8 Å². The molecule has 1 saturated carbocycles. The zero-order chi connectivity index (χ0) is 13.0.